The van der Waals surface area contributed by atoms with Gasteiger partial charge in [0.25, 0.3) is 5.91 Å². The summed E-state index contributed by atoms with van der Waals surface area (Å²) in [5.41, 5.74) is 1.11. The number of amides is 1. The number of nitriles is 1. The summed E-state index contributed by atoms with van der Waals surface area (Å²) >= 11 is 0. The molecule has 1 aliphatic rings. The molecular weight excluding hydrogens is 356 g/mol. The van der Waals surface area contributed by atoms with Crippen molar-refractivity contribution < 1.29 is 18.7 Å². The van der Waals surface area contributed by atoms with E-state index in [0.717, 1.165) is 19.3 Å². The molecule has 0 aliphatic carbocycles. The number of likely N-dealkylation sites (tertiary alicyclic amines) is 1. The average molecular weight is 378 g/mol. The molecule has 6 nitrogen and oxygen atoms in total. The summed E-state index contributed by atoms with van der Waals surface area (Å²) in [5.74, 6) is -0.135. The number of furan rings is 1. The molecule has 0 N–H and O–H groups in total. The van der Waals surface area contributed by atoms with Crippen molar-refractivity contribution in [3.05, 3.63) is 65.6 Å². The predicted octanol–water partition coefficient (Wildman–Crippen LogP) is 3.21. The lowest BCUT2D eigenvalue weighted by Gasteiger charge is -2.32. The van der Waals surface area contributed by atoms with Crippen LogP contribution >= 0.6 is 0 Å². The fourth-order valence-corrected chi connectivity index (χ4v) is 3.28. The van der Waals surface area contributed by atoms with Gasteiger partial charge in [-0.2, -0.15) is 5.26 Å². The van der Waals surface area contributed by atoms with Gasteiger partial charge in [0.2, 0.25) is 0 Å². The largest absolute Gasteiger partial charge is 0.465 e. The van der Waals surface area contributed by atoms with Crippen LogP contribution in [0, 0.1) is 17.2 Å². The number of ether oxygens (including phenoxy) is 1. The molecule has 1 amide bonds. The van der Waals surface area contributed by atoms with Crippen molar-refractivity contribution in [2.75, 3.05) is 19.7 Å². The highest BCUT2D eigenvalue weighted by Gasteiger charge is 2.24. The minimum Gasteiger partial charge on any atom is -0.465 e. The Morgan fingerprint density at radius 2 is 1.93 bits per heavy atom. The Bertz CT molecular complexity index is 858. The molecule has 1 aromatic carbocycles. The summed E-state index contributed by atoms with van der Waals surface area (Å²) in [4.78, 5) is 26.1. The Labute approximate surface area is 164 Å². The molecular formula is C22H22N2O4. The fraction of sp³-hybridized carbons (Fsp3) is 0.318. The Morgan fingerprint density at radius 1 is 1.18 bits per heavy atom. The standard InChI is InChI=1S/C22H22N2O4/c23-15-19(14-20-7-4-12-27-20)22(26)28-16-21(25)24-10-8-18(9-11-24)13-17-5-2-1-3-6-17/h1-7,12,14,18H,8-11,13,16H2/b19-14+. The molecule has 0 bridgehead atoms. The third-order valence-electron chi connectivity index (χ3n) is 4.83. The first kappa shape index (κ1) is 19.4. The third-order valence-corrected chi connectivity index (χ3v) is 4.83. The van der Waals surface area contributed by atoms with E-state index < -0.39 is 5.97 Å². The van der Waals surface area contributed by atoms with Gasteiger partial charge in [-0.1, -0.05) is 30.3 Å². The number of rotatable bonds is 6. The molecule has 1 saturated heterocycles. The number of benzene rings is 1. The van der Waals surface area contributed by atoms with Crippen molar-refractivity contribution in [2.24, 2.45) is 5.92 Å². The average Bonchev–Trinajstić information content (AvgIpc) is 3.24. The Balaban J connectivity index is 1.44. The molecule has 0 spiro atoms. The Hall–Kier alpha value is -3.33. The van der Waals surface area contributed by atoms with Crippen LogP contribution in [0.1, 0.15) is 24.2 Å². The predicted molar refractivity (Wildman–Crippen MR) is 103 cm³/mol. The lowest BCUT2D eigenvalue weighted by Crippen LogP contribution is -2.41. The van der Waals surface area contributed by atoms with Gasteiger partial charge in [0, 0.05) is 19.2 Å². The first-order valence-corrected chi connectivity index (χ1v) is 9.30. The second-order valence-corrected chi connectivity index (χ2v) is 6.78. The van der Waals surface area contributed by atoms with E-state index in [1.807, 2.05) is 18.2 Å². The third kappa shape index (κ3) is 5.34. The van der Waals surface area contributed by atoms with Gasteiger partial charge >= 0.3 is 5.97 Å². The quantitative estimate of drug-likeness (QED) is 0.438. The van der Waals surface area contributed by atoms with Gasteiger partial charge in [0.05, 0.1) is 6.26 Å². The molecule has 2 aromatic rings. The van der Waals surface area contributed by atoms with E-state index in [1.165, 1.54) is 17.9 Å². The molecule has 0 radical (unpaired) electrons. The van der Waals surface area contributed by atoms with Crippen molar-refractivity contribution in [3.8, 4) is 6.07 Å². The number of nitrogens with zero attached hydrogens (tertiary/aromatic N) is 2. The van der Waals surface area contributed by atoms with E-state index in [0.29, 0.717) is 24.8 Å². The van der Waals surface area contributed by atoms with E-state index in [1.54, 1.807) is 23.1 Å². The van der Waals surface area contributed by atoms with Crippen molar-refractivity contribution in [1.82, 2.24) is 4.90 Å². The molecule has 3 rings (SSSR count). The van der Waals surface area contributed by atoms with Crippen LogP contribution in [-0.2, 0) is 20.7 Å². The van der Waals surface area contributed by atoms with E-state index >= 15 is 0 Å². The molecule has 1 aliphatic heterocycles. The van der Waals surface area contributed by atoms with Gasteiger partial charge in [0.15, 0.2) is 6.61 Å². The van der Waals surface area contributed by atoms with Crippen molar-refractivity contribution in [1.29, 1.82) is 5.26 Å². The number of piperidine rings is 1. The number of carbonyl (C=O) groups excluding carboxylic acids is 2. The van der Waals surface area contributed by atoms with Crippen LogP contribution in [0.25, 0.3) is 6.08 Å². The molecule has 2 heterocycles. The summed E-state index contributed by atoms with van der Waals surface area (Å²) in [6.07, 6.45) is 5.60. The summed E-state index contributed by atoms with van der Waals surface area (Å²) in [7, 11) is 0. The smallest absolute Gasteiger partial charge is 0.349 e. The van der Waals surface area contributed by atoms with Crippen LogP contribution in [-0.4, -0.2) is 36.5 Å². The molecule has 0 unspecified atom stereocenters. The van der Waals surface area contributed by atoms with Crippen LogP contribution in [0.3, 0.4) is 0 Å². The molecule has 1 fully saturated rings. The van der Waals surface area contributed by atoms with Gasteiger partial charge < -0.3 is 14.1 Å². The Morgan fingerprint density at radius 3 is 2.57 bits per heavy atom. The molecule has 1 aromatic heterocycles. The van der Waals surface area contributed by atoms with Crippen LogP contribution < -0.4 is 0 Å². The molecule has 28 heavy (non-hydrogen) atoms. The highest BCUT2D eigenvalue weighted by molar-refractivity contribution is 5.98. The maximum Gasteiger partial charge on any atom is 0.349 e. The van der Waals surface area contributed by atoms with Crippen LogP contribution in [0.2, 0.25) is 0 Å². The number of hydrogen-bond donors (Lipinski definition) is 0. The summed E-state index contributed by atoms with van der Waals surface area (Å²) in [6, 6.07) is 15.4. The highest BCUT2D eigenvalue weighted by Crippen LogP contribution is 2.21. The zero-order chi connectivity index (χ0) is 19.8. The van der Waals surface area contributed by atoms with E-state index in [4.69, 9.17) is 14.4 Å². The van der Waals surface area contributed by atoms with Crippen molar-refractivity contribution in [2.45, 2.75) is 19.3 Å². The van der Waals surface area contributed by atoms with Gasteiger partial charge in [0.1, 0.15) is 17.4 Å². The summed E-state index contributed by atoms with van der Waals surface area (Å²) < 4.78 is 10.1. The summed E-state index contributed by atoms with van der Waals surface area (Å²) in [5, 5.41) is 9.10. The lowest BCUT2D eigenvalue weighted by molar-refractivity contribution is -0.149. The Kier molecular flexibility index (Phi) is 6.64. The maximum absolute atomic E-state index is 12.3. The molecule has 6 heteroatoms. The molecule has 0 saturated carbocycles. The highest BCUT2D eigenvalue weighted by atomic mass is 16.5. The van der Waals surface area contributed by atoms with Crippen LogP contribution in [0.5, 0.6) is 0 Å². The molecule has 144 valence electrons. The molecule has 0 atom stereocenters. The van der Waals surface area contributed by atoms with Gasteiger partial charge in [-0.25, -0.2) is 4.79 Å². The van der Waals surface area contributed by atoms with Crippen LogP contribution in [0.15, 0.2) is 58.7 Å². The first-order chi connectivity index (χ1) is 13.7. The second kappa shape index (κ2) is 9.56. The number of hydrogen-bond acceptors (Lipinski definition) is 5. The minimum atomic E-state index is -0.828. The van der Waals surface area contributed by atoms with E-state index in [-0.39, 0.29) is 18.1 Å². The minimum absolute atomic E-state index is 0.204. The van der Waals surface area contributed by atoms with E-state index in [2.05, 4.69) is 12.1 Å². The van der Waals surface area contributed by atoms with Gasteiger partial charge in [-0.05, 0) is 42.9 Å². The normalized spacial score (nSPS) is 15.1. The maximum atomic E-state index is 12.3. The van der Waals surface area contributed by atoms with Crippen LogP contribution in [0.4, 0.5) is 0 Å². The van der Waals surface area contributed by atoms with Gasteiger partial charge in [-0.3, -0.25) is 4.79 Å². The second-order valence-electron chi connectivity index (χ2n) is 6.78. The lowest BCUT2D eigenvalue weighted by atomic mass is 9.90. The van der Waals surface area contributed by atoms with E-state index in [9.17, 15) is 9.59 Å². The monoisotopic (exact) mass is 378 g/mol. The number of carbonyl (C=O) groups is 2. The first-order valence-electron chi connectivity index (χ1n) is 9.30. The van der Waals surface area contributed by atoms with Gasteiger partial charge in [-0.15, -0.1) is 0 Å². The summed E-state index contributed by atoms with van der Waals surface area (Å²) in [6.45, 7) is 0.946. The van der Waals surface area contributed by atoms with Crippen molar-refractivity contribution in [3.63, 3.8) is 0 Å². The number of esters is 1. The van der Waals surface area contributed by atoms with Crippen molar-refractivity contribution >= 4 is 18.0 Å². The zero-order valence-corrected chi connectivity index (χ0v) is 15.5. The fourth-order valence-electron chi connectivity index (χ4n) is 3.28. The zero-order valence-electron chi connectivity index (χ0n) is 15.5. The topological polar surface area (TPSA) is 83.5 Å². The SMILES string of the molecule is N#C/C(=C\c1ccco1)C(=O)OCC(=O)N1CCC(Cc2ccccc2)CC1.